The van der Waals surface area contributed by atoms with Gasteiger partial charge in [0.05, 0.1) is 6.61 Å². The summed E-state index contributed by atoms with van der Waals surface area (Å²) in [4.78, 5) is 24.2. The van der Waals surface area contributed by atoms with Crippen molar-refractivity contribution in [2.45, 2.75) is 26.3 Å². The first kappa shape index (κ1) is 22.6. The highest BCUT2D eigenvalue weighted by atomic mass is 35.5. The largest absolute Gasteiger partial charge is 0.481 e. The summed E-state index contributed by atoms with van der Waals surface area (Å²) in [5.74, 6) is -2.75. The minimum atomic E-state index is -0.828. The molecular weight excluding hydrogens is 406 g/mol. The molecule has 0 aromatic heterocycles. The third kappa shape index (κ3) is 6.71. The number of ether oxygens (including phenoxy) is 3. The van der Waals surface area contributed by atoms with Gasteiger partial charge in [0.15, 0.2) is 12.2 Å². The number of benzene rings is 2. The van der Waals surface area contributed by atoms with E-state index >= 15 is 0 Å². The first-order chi connectivity index (χ1) is 13.7. The molecule has 0 aliphatic rings. The Balaban J connectivity index is 2.34. The first-order valence-corrected chi connectivity index (χ1v) is 9.34. The Bertz CT molecular complexity index is 883. The summed E-state index contributed by atoms with van der Waals surface area (Å²) in [6, 6.07) is 7.39. The van der Waals surface area contributed by atoms with Gasteiger partial charge in [0.25, 0.3) is 0 Å². The molecule has 5 nitrogen and oxygen atoms in total. The molecule has 2 aromatic rings. The van der Waals surface area contributed by atoms with E-state index in [9.17, 15) is 18.4 Å². The Morgan fingerprint density at radius 3 is 2.41 bits per heavy atom. The lowest BCUT2D eigenvalue weighted by molar-refractivity contribution is -0.147. The summed E-state index contributed by atoms with van der Waals surface area (Å²) >= 11 is 5.59. The summed E-state index contributed by atoms with van der Waals surface area (Å²) in [6.45, 7) is 4.90. The van der Waals surface area contributed by atoms with Crippen LogP contribution in [0.3, 0.4) is 0 Å². The number of carbonyl (C=O) groups excluding carboxylic acids is 2. The molecule has 1 unspecified atom stereocenters. The van der Waals surface area contributed by atoms with Gasteiger partial charge in [-0.15, -0.1) is 0 Å². The standard InChI is InChI=1S/C21H21ClF2O5/c1-12(2)10-28-21(26)17-8-14(16-6-5-15(23)9-18(16)24)4-7-19(17)27-11-20(25)29-13(3)22/h4-9,12-13H,10-11H2,1-3H3. The number of hydrogen-bond acceptors (Lipinski definition) is 5. The van der Waals surface area contributed by atoms with Crippen LogP contribution in [0.5, 0.6) is 5.75 Å². The second kappa shape index (κ2) is 10.2. The Morgan fingerprint density at radius 2 is 1.79 bits per heavy atom. The van der Waals surface area contributed by atoms with Gasteiger partial charge in [-0.3, -0.25) is 0 Å². The van der Waals surface area contributed by atoms with E-state index in [4.69, 9.17) is 25.8 Å². The molecular formula is C21H21ClF2O5. The van der Waals surface area contributed by atoms with Crippen molar-refractivity contribution in [3.63, 3.8) is 0 Å². The molecule has 0 fully saturated rings. The van der Waals surface area contributed by atoms with Gasteiger partial charge >= 0.3 is 11.9 Å². The van der Waals surface area contributed by atoms with E-state index in [0.29, 0.717) is 5.56 Å². The van der Waals surface area contributed by atoms with E-state index in [1.165, 1.54) is 31.2 Å². The fraction of sp³-hybridized carbons (Fsp3) is 0.333. The number of hydrogen-bond donors (Lipinski definition) is 0. The predicted octanol–water partition coefficient (Wildman–Crippen LogP) is 4.95. The van der Waals surface area contributed by atoms with Gasteiger partial charge in [0.1, 0.15) is 22.9 Å². The Hall–Kier alpha value is -2.67. The maximum absolute atomic E-state index is 14.1. The highest BCUT2D eigenvalue weighted by Gasteiger charge is 2.19. The Kier molecular flexibility index (Phi) is 7.96. The fourth-order valence-corrected chi connectivity index (χ4v) is 2.48. The van der Waals surface area contributed by atoms with Crippen molar-refractivity contribution in [3.8, 4) is 16.9 Å². The van der Waals surface area contributed by atoms with Crippen LogP contribution in [0, 0.1) is 17.6 Å². The van der Waals surface area contributed by atoms with Gasteiger partial charge in [-0.1, -0.05) is 31.5 Å². The summed E-state index contributed by atoms with van der Waals surface area (Å²) < 4.78 is 42.7. The summed E-state index contributed by atoms with van der Waals surface area (Å²) in [7, 11) is 0. The van der Waals surface area contributed by atoms with Crippen molar-refractivity contribution in [1.82, 2.24) is 0 Å². The Morgan fingerprint density at radius 1 is 1.07 bits per heavy atom. The van der Waals surface area contributed by atoms with Crippen LogP contribution >= 0.6 is 11.6 Å². The van der Waals surface area contributed by atoms with Gasteiger partial charge in [0.2, 0.25) is 0 Å². The van der Waals surface area contributed by atoms with E-state index < -0.39 is 35.7 Å². The molecule has 0 saturated heterocycles. The minimum absolute atomic E-state index is 0.00130. The molecule has 0 heterocycles. The first-order valence-electron chi connectivity index (χ1n) is 8.90. The third-order valence-electron chi connectivity index (χ3n) is 3.63. The van der Waals surface area contributed by atoms with Gasteiger partial charge in [-0.25, -0.2) is 18.4 Å². The topological polar surface area (TPSA) is 61.8 Å². The smallest absolute Gasteiger partial charge is 0.345 e. The molecule has 156 valence electrons. The second-order valence-electron chi connectivity index (χ2n) is 6.65. The van der Waals surface area contributed by atoms with Crippen molar-refractivity contribution < 1.29 is 32.6 Å². The molecule has 0 amide bonds. The van der Waals surface area contributed by atoms with Crippen LogP contribution in [-0.2, 0) is 14.3 Å². The van der Waals surface area contributed by atoms with Crippen molar-refractivity contribution in [2.24, 2.45) is 5.92 Å². The number of halogens is 3. The molecule has 0 aliphatic heterocycles. The molecule has 2 aromatic carbocycles. The van der Waals surface area contributed by atoms with Gasteiger partial charge in [-0.05, 0) is 42.7 Å². The molecule has 0 saturated carbocycles. The molecule has 1 atom stereocenters. The maximum Gasteiger partial charge on any atom is 0.345 e. The maximum atomic E-state index is 14.1. The van der Waals surface area contributed by atoms with Crippen molar-refractivity contribution >= 4 is 23.5 Å². The summed E-state index contributed by atoms with van der Waals surface area (Å²) in [5.41, 5.74) is -0.404. The molecule has 0 spiro atoms. The average Bonchev–Trinajstić information content (AvgIpc) is 2.64. The highest BCUT2D eigenvalue weighted by Crippen LogP contribution is 2.29. The van der Waals surface area contributed by atoms with Gasteiger partial charge in [0, 0.05) is 11.6 Å². The second-order valence-corrected chi connectivity index (χ2v) is 7.26. The molecule has 8 heteroatoms. The van der Waals surface area contributed by atoms with Crippen LogP contribution in [0.15, 0.2) is 36.4 Å². The normalized spacial score (nSPS) is 11.8. The third-order valence-corrected chi connectivity index (χ3v) is 3.72. The van der Waals surface area contributed by atoms with E-state index in [0.717, 1.165) is 12.1 Å². The zero-order valence-corrected chi connectivity index (χ0v) is 17.0. The zero-order chi connectivity index (χ0) is 21.6. The van der Waals surface area contributed by atoms with E-state index in [2.05, 4.69) is 0 Å². The number of alkyl halides is 1. The molecule has 0 radical (unpaired) electrons. The van der Waals surface area contributed by atoms with E-state index in [1.54, 1.807) is 0 Å². The number of esters is 2. The minimum Gasteiger partial charge on any atom is -0.481 e. The predicted molar refractivity (Wildman–Crippen MR) is 104 cm³/mol. The number of carbonyl (C=O) groups is 2. The van der Waals surface area contributed by atoms with Crippen LogP contribution in [0.4, 0.5) is 8.78 Å². The van der Waals surface area contributed by atoms with Crippen LogP contribution in [0.1, 0.15) is 31.1 Å². The summed E-state index contributed by atoms with van der Waals surface area (Å²) in [6.07, 6.45) is 0. The molecule has 29 heavy (non-hydrogen) atoms. The quantitative estimate of drug-likeness (QED) is 0.441. The van der Waals surface area contributed by atoms with Crippen molar-refractivity contribution in [1.29, 1.82) is 0 Å². The lowest BCUT2D eigenvalue weighted by Crippen LogP contribution is -2.19. The zero-order valence-electron chi connectivity index (χ0n) is 16.2. The van der Waals surface area contributed by atoms with Crippen molar-refractivity contribution in [2.75, 3.05) is 13.2 Å². The Labute approximate surface area is 172 Å². The molecule has 0 aliphatic carbocycles. The molecule has 0 bridgehead atoms. The number of rotatable bonds is 8. The molecule has 2 rings (SSSR count). The van der Waals surface area contributed by atoms with Crippen LogP contribution in [0.25, 0.3) is 11.1 Å². The van der Waals surface area contributed by atoms with E-state index in [1.807, 2.05) is 13.8 Å². The van der Waals surface area contributed by atoms with Gasteiger partial charge < -0.3 is 14.2 Å². The van der Waals surface area contributed by atoms with Crippen LogP contribution < -0.4 is 4.74 Å². The highest BCUT2D eigenvalue weighted by molar-refractivity contribution is 6.19. The molecule has 0 N–H and O–H groups in total. The van der Waals surface area contributed by atoms with Gasteiger partial charge in [-0.2, -0.15) is 0 Å². The summed E-state index contributed by atoms with van der Waals surface area (Å²) in [5, 5.41) is 0. The van der Waals surface area contributed by atoms with E-state index in [-0.39, 0.29) is 29.4 Å². The van der Waals surface area contributed by atoms with Crippen LogP contribution in [-0.4, -0.2) is 30.7 Å². The monoisotopic (exact) mass is 426 g/mol. The average molecular weight is 427 g/mol. The lowest BCUT2D eigenvalue weighted by atomic mass is 10.0. The van der Waals surface area contributed by atoms with Crippen molar-refractivity contribution in [3.05, 3.63) is 53.6 Å². The lowest BCUT2D eigenvalue weighted by Gasteiger charge is -2.14. The SMILES string of the molecule is CC(C)COC(=O)c1cc(-c2ccc(F)cc2F)ccc1OCC(=O)OC(C)Cl. The fourth-order valence-electron chi connectivity index (χ4n) is 2.38. The van der Waals surface area contributed by atoms with Crippen LogP contribution in [0.2, 0.25) is 0 Å².